The molecule has 0 aliphatic carbocycles. The average molecular weight is 469 g/mol. The molecule has 24 heavy (non-hydrogen) atoms. The van der Waals surface area contributed by atoms with Crippen molar-refractivity contribution >= 4 is 47.2 Å². The van der Waals surface area contributed by atoms with Crippen LogP contribution in [-0.4, -0.2) is 55.7 Å². The predicted molar refractivity (Wildman–Crippen MR) is 110 cm³/mol. The largest absolute Gasteiger partial charge is 0.377 e. The van der Waals surface area contributed by atoms with Crippen LogP contribution in [0.25, 0.3) is 0 Å². The van der Waals surface area contributed by atoms with E-state index in [1.807, 2.05) is 27.7 Å². The summed E-state index contributed by atoms with van der Waals surface area (Å²) in [4.78, 5) is 21.2. The van der Waals surface area contributed by atoms with E-state index in [1.165, 1.54) is 11.3 Å². The molecule has 0 spiro atoms. The second-order valence-electron chi connectivity index (χ2n) is 5.61. The number of aromatic nitrogens is 1. The lowest BCUT2D eigenvalue weighted by atomic mass is 10.1. The number of rotatable bonds is 8. The van der Waals surface area contributed by atoms with E-state index in [0.29, 0.717) is 30.5 Å². The fourth-order valence-corrected chi connectivity index (χ4v) is 2.35. The van der Waals surface area contributed by atoms with Crippen molar-refractivity contribution in [2.24, 2.45) is 4.99 Å². The van der Waals surface area contributed by atoms with Crippen LogP contribution >= 0.6 is 35.3 Å². The van der Waals surface area contributed by atoms with Gasteiger partial charge >= 0.3 is 0 Å². The predicted octanol–water partition coefficient (Wildman–Crippen LogP) is 1.78. The van der Waals surface area contributed by atoms with Crippen LogP contribution < -0.4 is 16.0 Å². The molecule has 7 nitrogen and oxygen atoms in total. The smallest absolute Gasteiger partial charge is 0.263 e. The van der Waals surface area contributed by atoms with E-state index >= 15 is 0 Å². The lowest BCUT2D eigenvalue weighted by Gasteiger charge is -2.21. The van der Waals surface area contributed by atoms with Crippen LogP contribution in [-0.2, 0) is 4.74 Å². The maximum atomic E-state index is 12.0. The Morgan fingerprint density at radius 1 is 1.33 bits per heavy atom. The molecule has 0 saturated carbocycles. The zero-order valence-electron chi connectivity index (χ0n) is 14.9. The Bertz CT molecular complexity index is 534. The first-order chi connectivity index (χ1) is 10.9. The van der Waals surface area contributed by atoms with Crippen molar-refractivity contribution in [3.8, 4) is 0 Å². The second-order valence-corrected chi connectivity index (χ2v) is 6.46. The molecule has 1 heterocycles. The highest BCUT2D eigenvalue weighted by Gasteiger charge is 2.15. The fourth-order valence-electron chi connectivity index (χ4n) is 1.63. The van der Waals surface area contributed by atoms with Crippen LogP contribution in [0.4, 0.5) is 0 Å². The van der Waals surface area contributed by atoms with Gasteiger partial charge in [0.1, 0.15) is 4.88 Å². The Balaban J connectivity index is 0.00000529. The number of carbonyl (C=O) groups is 1. The highest BCUT2D eigenvalue weighted by atomic mass is 127. The summed E-state index contributed by atoms with van der Waals surface area (Å²) in [6.07, 6.45) is 0. The number of guanidine groups is 1. The maximum Gasteiger partial charge on any atom is 0.263 e. The number of carbonyl (C=O) groups excluding carboxylic acids is 1. The topological polar surface area (TPSA) is 87.6 Å². The summed E-state index contributed by atoms with van der Waals surface area (Å²) in [6, 6.07) is 0. The quantitative estimate of drug-likeness (QED) is 0.234. The lowest BCUT2D eigenvalue weighted by molar-refractivity contribution is 0.0310. The van der Waals surface area contributed by atoms with Crippen molar-refractivity contribution in [3.63, 3.8) is 0 Å². The number of thiazole rings is 1. The molecule has 3 N–H and O–H groups in total. The summed E-state index contributed by atoms with van der Waals surface area (Å²) < 4.78 is 5.35. The van der Waals surface area contributed by atoms with Gasteiger partial charge < -0.3 is 20.7 Å². The summed E-state index contributed by atoms with van der Waals surface area (Å²) in [5, 5.41) is 9.22. The van der Waals surface area contributed by atoms with Gasteiger partial charge in [-0.25, -0.2) is 4.98 Å². The number of halogens is 1. The molecule has 0 radical (unpaired) electrons. The lowest BCUT2D eigenvalue weighted by Crippen LogP contribution is -2.42. The second kappa shape index (κ2) is 11.6. The number of amides is 1. The van der Waals surface area contributed by atoms with Gasteiger partial charge in [0.25, 0.3) is 5.91 Å². The van der Waals surface area contributed by atoms with E-state index in [-0.39, 0.29) is 35.5 Å². The van der Waals surface area contributed by atoms with Gasteiger partial charge in [-0.1, -0.05) is 0 Å². The number of nitrogens with zero attached hydrogens (tertiary/aromatic N) is 2. The maximum absolute atomic E-state index is 12.0. The van der Waals surface area contributed by atoms with Crippen molar-refractivity contribution in [2.75, 3.05) is 33.3 Å². The van der Waals surface area contributed by atoms with E-state index < -0.39 is 0 Å². The molecule has 0 aromatic carbocycles. The SMILES string of the molecule is CCNC(=NCC(C)(C)OC)NCCNC(=O)c1scnc1C.I. The van der Waals surface area contributed by atoms with Gasteiger partial charge in [0, 0.05) is 26.7 Å². The van der Waals surface area contributed by atoms with Crippen LogP contribution in [0.5, 0.6) is 0 Å². The first-order valence-electron chi connectivity index (χ1n) is 7.65. The first-order valence-corrected chi connectivity index (χ1v) is 8.53. The zero-order chi connectivity index (χ0) is 17.3. The third kappa shape index (κ3) is 8.25. The van der Waals surface area contributed by atoms with Gasteiger partial charge in [0.2, 0.25) is 0 Å². The first kappa shape index (κ1) is 23.1. The van der Waals surface area contributed by atoms with Crippen molar-refractivity contribution in [1.29, 1.82) is 0 Å². The highest BCUT2D eigenvalue weighted by Crippen LogP contribution is 2.11. The van der Waals surface area contributed by atoms with Crippen LogP contribution in [0.15, 0.2) is 10.5 Å². The van der Waals surface area contributed by atoms with Crippen molar-refractivity contribution < 1.29 is 9.53 Å². The highest BCUT2D eigenvalue weighted by molar-refractivity contribution is 14.0. The minimum atomic E-state index is -0.305. The standard InChI is InChI=1S/C15H27N5O2S.HI/c1-6-16-14(19-9-15(3,4)22-5)18-8-7-17-13(21)12-11(2)20-10-23-12;/h10H,6-9H2,1-5H3,(H,17,21)(H2,16,18,19);1H. The summed E-state index contributed by atoms with van der Waals surface area (Å²) in [7, 11) is 1.67. The van der Waals surface area contributed by atoms with Gasteiger partial charge in [-0.05, 0) is 27.7 Å². The van der Waals surface area contributed by atoms with Gasteiger partial charge in [-0.15, -0.1) is 35.3 Å². The Hall–Kier alpha value is -0.940. The molecule has 1 amide bonds. The molecule has 0 aliphatic rings. The van der Waals surface area contributed by atoms with Gasteiger partial charge in [0.15, 0.2) is 5.96 Å². The van der Waals surface area contributed by atoms with Crippen molar-refractivity contribution in [1.82, 2.24) is 20.9 Å². The molecule has 1 rings (SSSR count). The number of nitrogens with one attached hydrogen (secondary N) is 3. The number of aliphatic imine (C=N–C) groups is 1. The van der Waals surface area contributed by atoms with Crippen LogP contribution in [0.2, 0.25) is 0 Å². The van der Waals surface area contributed by atoms with E-state index in [1.54, 1.807) is 12.6 Å². The molecule has 9 heteroatoms. The molecule has 0 unspecified atom stereocenters. The van der Waals surface area contributed by atoms with Gasteiger partial charge in [-0.3, -0.25) is 9.79 Å². The van der Waals surface area contributed by atoms with Crippen molar-refractivity contribution in [2.45, 2.75) is 33.3 Å². The summed E-state index contributed by atoms with van der Waals surface area (Å²) >= 11 is 1.35. The number of hydrogen-bond donors (Lipinski definition) is 3. The van der Waals surface area contributed by atoms with E-state index in [4.69, 9.17) is 4.74 Å². The van der Waals surface area contributed by atoms with Crippen LogP contribution in [0.3, 0.4) is 0 Å². The van der Waals surface area contributed by atoms with Crippen LogP contribution in [0, 0.1) is 6.92 Å². The van der Waals surface area contributed by atoms with Crippen molar-refractivity contribution in [3.05, 3.63) is 16.1 Å². The number of methoxy groups -OCH3 is 1. The third-order valence-electron chi connectivity index (χ3n) is 3.17. The Labute approximate surface area is 165 Å². The summed E-state index contributed by atoms with van der Waals surface area (Å²) in [6.45, 7) is 10.2. The molecule has 138 valence electrons. The molecule has 0 saturated heterocycles. The molecular weight excluding hydrogens is 441 g/mol. The fraction of sp³-hybridized carbons (Fsp3) is 0.667. The van der Waals surface area contributed by atoms with Gasteiger partial charge in [-0.2, -0.15) is 0 Å². The van der Waals surface area contributed by atoms with Crippen LogP contribution in [0.1, 0.15) is 36.1 Å². The van der Waals surface area contributed by atoms with Gasteiger partial charge in [0.05, 0.1) is 23.4 Å². The number of ether oxygens (including phenoxy) is 1. The molecule has 1 aromatic heterocycles. The molecular formula is C15H28IN5O2S. The minimum absolute atomic E-state index is 0. The van der Waals surface area contributed by atoms with E-state index in [0.717, 1.165) is 12.2 Å². The summed E-state index contributed by atoms with van der Waals surface area (Å²) in [5.74, 6) is 0.620. The van der Waals surface area contributed by atoms with E-state index in [2.05, 4.69) is 25.9 Å². The normalized spacial score (nSPS) is 11.6. The molecule has 1 aromatic rings. The number of hydrogen-bond acceptors (Lipinski definition) is 5. The molecule has 0 bridgehead atoms. The minimum Gasteiger partial charge on any atom is -0.377 e. The number of aryl methyl sites for hydroxylation is 1. The molecule has 0 atom stereocenters. The Kier molecular flexibility index (Phi) is 11.1. The molecule has 0 fully saturated rings. The monoisotopic (exact) mass is 469 g/mol. The zero-order valence-corrected chi connectivity index (χ0v) is 18.1. The summed E-state index contributed by atoms with van der Waals surface area (Å²) in [5.41, 5.74) is 2.13. The third-order valence-corrected chi connectivity index (χ3v) is 4.10. The Morgan fingerprint density at radius 2 is 2.00 bits per heavy atom. The Morgan fingerprint density at radius 3 is 2.54 bits per heavy atom. The molecule has 0 aliphatic heterocycles. The average Bonchev–Trinajstić information content (AvgIpc) is 2.95. The van der Waals surface area contributed by atoms with E-state index in [9.17, 15) is 4.79 Å².